The fourth-order valence-corrected chi connectivity index (χ4v) is 1.53. The maximum Gasteiger partial charge on any atom is -0.0126 e. The Morgan fingerprint density at radius 2 is 1.15 bits per heavy atom. The summed E-state index contributed by atoms with van der Waals surface area (Å²) in [5, 5.41) is 0. The Balaban J connectivity index is 4.51. The molecule has 0 aliphatic heterocycles. The summed E-state index contributed by atoms with van der Waals surface area (Å²) in [7, 11) is 0. The van der Waals surface area contributed by atoms with E-state index in [1.807, 2.05) is 0 Å². The first-order valence-electron chi connectivity index (χ1n) is 5.59. The zero-order valence-corrected chi connectivity index (χ0v) is 10.3. The monoisotopic (exact) mass is 182 g/mol. The summed E-state index contributed by atoms with van der Waals surface area (Å²) in [6.07, 6.45) is 8.57. The van der Waals surface area contributed by atoms with Crippen LogP contribution >= 0.6 is 0 Å². The van der Waals surface area contributed by atoms with E-state index in [9.17, 15) is 0 Å². The van der Waals surface area contributed by atoms with Crippen LogP contribution in [0.3, 0.4) is 0 Å². The summed E-state index contributed by atoms with van der Waals surface area (Å²) in [5.74, 6) is 0. The summed E-state index contributed by atoms with van der Waals surface area (Å²) < 4.78 is 0. The third-order valence-corrected chi connectivity index (χ3v) is 3.05. The minimum absolute atomic E-state index is 0.324. The highest BCUT2D eigenvalue weighted by Gasteiger charge is 2.20. The molecule has 0 amide bonds. The zero-order chi connectivity index (χ0) is 10.5. The Morgan fingerprint density at radius 3 is 1.38 bits per heavy atom. The Kier molecular flexibility index (Phi) is 4.74. The molecule has 0 unspecified atom stereocenters. The van der Waals surface area contributed by atoms with Crippen molar-refractivity contribution in [1.82, 2.24) is 0 Å². The topological polar surface area (TPSA) is 0 Å². The fourth-order valence-electron chi connectivity index (χ4n) is 1.53. The van der Waals surface area contributed by atoms with Gasteiger partial charge in [0, 0.05) is 0 Å². The van der Waals surface area contributed by atoms with E-state index in [0.717, 1.165) is 0 Å². The molecule has 0 heterocycles. The van der Waals surface area contributed by atoms with Crippen LogP contribution in [0.5, 0.6) is 0 Å². The van der Waals surface area contributed by atoms with Crippen molar-refractivity contribution < 1.29 is 0 Å². The normalized spacial score (nSPS) is 14.0. The van der Waals surface area contributed by atoms with Gasteiger partial charge in [0.15, 0.2) is 0 Å². The Labute approximate surface area is 84.4 Å². The van der Waals surface area contributed by atoms with Crippen molar-refractivity contribution in [2.75, 3.05) is 0 Å². The van der Waals surface area contributed by atoms with Crippen molar-refractivity contribution >= 4 is 0 Å². The first-order valence-corrected chi connectivity index (χ1v) is 5.59. The van der Waals surface area contributed by atoms with Gasteiger partial charge in [0.1, 0.15) is 0 Å². The molecule has 0 aromatic carbocycles. The van der Waals surface area contributed by atoms with Gasteiger partial charge < -0.3 is 0 Å². The van der Waals surface area contributed by atoms with Gasteiger partial charge in [-0.15, -0.1) is 0 Å². The summed E-state index contributed by atoms with van der Waals surface area (Å²) in [5.41, 5.74) is 0.776. The second-order valence-electron chi connectivity index (χ2n) is 5.12. The van der Waals surface area contributed by atoms with Gasteiger partial charge >= 0.3 is 0 Å². The van der Waals surface area contributed by atoms with Crippen LogP contribution in [0.15, 0.2) is 12.2 Å². The predicted octanol–water partition coefficient (Wildman–Crippen LogP) is 4.81. The largest absolute Gasteiger partial charge is 0.0826 e. The van der Waals surface area contributed by atoms with E-state index in [4.69, 9.17) is 0 Å². The molecule has 0 bridgehead atoms. The second kappa shape index (κ2) is 4.83. The first kappa shape index (κ1) is 12.7. The molecule has 0 aromatic rings. The highest BCUT2D eigenvalue weighted by atomic mass is 14.3. The fraction of sp³-hybridized carbons (Fsp3) is 0.846. The van der Waals surface area contributed by atoms with Crippen LogP contribution in [0.25, 0.3) is 0 Å². The first-order chi connectivity index (χ1) is 5.89. The predicted molar refractivity (Wildman–Crippen MR) is 61.9 cm³/mol. The van der Waals surface area contributed by atoms with Gasteiger partial charge in [0.05, 0.1) is 0 Å². The molecule has 0 aromatic heterocycles. The SMILES string of the molecule is CCC(/C=C/C(C)(C)C)(CC)CC. The van der Waals surface area contributed by atoms with Crippen LogP contribution in [0.4, 0.5) is 0 Å². The molecule has 0 heteroatoms. The lowest BCUT2D eigenvalue weighted by Gasteiger charge is -2.28. The highest BCUT2D eigenvalue weighted by molar-refractivity contribution is 5.02. The van der Waals surface area contributed by atoms with E-state index in [0.29, 0.717) is 10.8 Å². The summed E-state index contributed by atoms with van der Waals surface area (Å²) >= 11 is 0. The van der Waals surface area contributed by atoms with Gasteiger partial charge in [-0.2, -0.15) is 0 Å². The second-order valence-corrected chi connectivity index (χ2v) is 5.12. The molecule has 0 rings (SSSR count). The Hall–Kier alpha value is -0.260. The number of hydrogen-bond donors (Lipinski definition) is 0. The highest BCUT2D eigenvalue weighted by Crippen LogP contribution is 2.33. The molecular weight excluding hydrogens is 156 g/mol. The lowest BCUT2D eigenvalue weighted by molar-refractivity contribution is 0.334. The van der Waals surface area contributed by atoms with Crippen LogP contribution in [0.1, 0.15) is 60.8 Å². The third kappa shape index (κ3) is 4.50. The molecule has 0 fully saturated rings. The van der Waals surface area contributed by atoms with Crippen molar-refractivity contribution in [2.24, 2.45) is 10.8 Å². The van der Waals surface area contributed by atoms with Gasteiger partial charge in [0.2, 0.25) is 0 Å². The summed E-state index contributed by atoms with van der Waals surface area (Å²) in [4.78, 5) is 0. The molecule has 0 atom stereocenters. The minimum Gasteiger partial charge on any atom is -0.0826 e. The van der Waals surface area contributed by atoms with Crippen LogP contribution < -0.4 is 0 Å². The average Bonchev–Trinajstić information content (AvgIpc) is 2.06. The van der Waals surface area contributed by atoms with Crippen LogP contribution in [0.2, 0.25) is 0 Å². The standard InChI is InChI=1S/C13H26/c1-7-13(8-2,9-3)11-10-12(4,5)6/h10-11H,7-9H2,1-6H3/b11-10+. The number of hydrogen-bond acceptors (Lipinski definition) is 0. The number of rotatable bonds is 4. The van der Waals surface area contributed by atoms with Gasteiger partial charge in [-0.3, -0.25) is 0 Å². The molecule has 0 saturated heterocycles. The van der Waals surface area contributed by atoms with Crippen molar-refractivity contribution in [3.8, 4) is 0 Å². The molecule has 0 N–H and O–H groups in total. The minimum atomic E-state index is 0.324. The van der Waals surface area contributed by atoms with E-state index in [-0.39, 0.29) is 0 Å². The summed E-state index contributed by atoms with van der Waals surface area (Å²) in [6.45, 7) is 13.7. The molecular formula is C13H26. The van der Waals surface area contributed by atoms with Crippen molar-refractivity contribution in [3.63, 3.8) is 0 Å². The number of allylic oxidation sites excluding steroid dienone is 2. The Morgan fingerprint density at radius 1 is 0.769 bits per heavy atom. The van der Waals surface area contributed by atoms with Crippen LogP contribution in [-0.2, 0) is 0 Å². The van der Waals surface area contributed by atoms with Gasteiger partial charge in [-0.25, -0.2) is 0 Å². The lowest BCUT2D eigenvalue weighted by atomic mass is 9.78. The quantitative estimate of drug-likeness (QED) is 0.548. The van der Waals surface area contributed by atoms with E-state index < -0.39 is 0 Å². The van der Waals surface area contributed by atoms with Gasteiger partial charge in [0.25, 0.3) is 0 Å². The molecule has 78 valence electrons. The van der Waals surface area contributed by atoms with E-state index in [1.165, 1.54) is 19.3 Å². The summed E-state index contributed by atoms with van der Waals surface area (Å²) in [6, 6.07) is 0. The molecule has 0 nitrogen and oxygen atoms in total. The molecule has 13 heavy (non-hydrogen) atoms. The zero-order valence-electron chi connectivity index (χ0n) is 10.3. The maximum atomic E-state index is 2.44. The van der Waals surface area contributed by atoms with Crippen molar-refractivity contribution in [2.45, 2.75) is 60.8 Å². The van der Waals surface area contributed by atoms with E-state index in [1.54, 1.807) is 0 Å². The third-order valence-electron chi connectivity index (χ3n) is 3.05. The van der Waals surface area contributed by atoms with Crippen molar-refractivity contribution in [1.29, 1.82) is 0 Å². The van der Waals surface area contributed by atoms with E-state index in [2.05, 4.69) is 53.7 Å². The smallest absolute Gasteiger partial charge is 0.0126 e. The van der Waals surface area contributed by atoms with Crippen molar-refractivity contribution in [3.05, 3.63) is 12.2 Å². The van der Waals surface area contributed by atoms with Crippen LogP contribution in [0, 0.1) is 10.8 Å². The molecule has 0 aliphatic rings. The van der Waals surface area contributed by atoms with Gasteiger partial charge in [-0.1, -0.05) is 53.7 Å². The molecule has 0 saturated carbocycles. The molecule has 0 radical (unpaired) electrons. The van der Waals surface area contributed by atoms with E-state index >= 15 is 0 Å². The Bertz CT molecular complexity index is 145. The van der Waals surface area contributed by atoms with Crippen LogP contribution in [-0.4, -0.2) is 0 Å². The van der Waals surface area contributed by atoms with Gasteiger partial charge in [-0.05, 0) is 30.1 Å². The average molecular weight is 182 g/mol. The maximum absolute atomic E-state index is 2.44. The lowest BCUT2D eigenvalue weighted by Crippen LogP contribution is -2.15. The molecule has 0 spiro atoms. The molecule has 0 aliphatic carbocycles.